The fraction of sp³-hybridized carbons (Fsp3) is 0.846. The van der Waals surface area contributed by atoms with Crippen molar-refractivity contribution in [2.75, 3.05) is 32.7 Å². The van der Waals surface area contributed by atoms with Crippen molar-refractivity contribution < 1.29 is 9.59 Å². The molecule has 0 bridgehead atoms. The molecular formula is C13H23ClN4O2. The van der Waals surface area contributed by atoms with Crippen LogP contribution in [0.3, 0.4) is 0 Å². The summed E-state index contributed by atoms with van der Waals surface area (Å²) >= 11 is 0. The molecule has 2 atom stereocenters. The van der Waals surface area contributed by atoms with E-state index in [1.807, 2.05) is 0 Å². The molecule has 2 heterocycles. The van der Waals surface area contributed by atoms with E-state index in [0.29, 0.717) is 12.5 Å². The number of carbonyl (C=O) groups is 2. The summed E-state index contributed by atoms with van der Waals surface area (Å²) in [6.45, 7) is 4.44. The van der Waals surface area contributed by atoms with Gasteiger partial charge in [0.1, 0.15) is 0 Å². The Morgan fingerprint density at radius 1 is 1.15 bits per heavy atom. The van der Waals surface area contributed by atoms with Crippen LogP contribution in [0.25, 0.3) is 0 Å². The Kier molecular flexibility index (Phi) is 5.23. The summed E-state index contributed by atoms with van der Waals surface area (Å²) in [4.78, 5) is 25.4. The number of nitrogens with zero attached hydrogens (tertiary/aromatic N) is 1. The monoisotopic (exact) mass is 302 g/mol. The first-order chi connectivity index (χ1) is 9.20. The topological polar surface area (TPSA) is 73.5 Å². The number of urea groups is 1. The van der Waals surface area contributed by atoms with Gasteiger partial charge < -0.3 is 10.6 Å². The summed E-state index contributed by atoms with van der Waals surface area (Å²) in [6.07, 6.45) is 3.22. The van der Waals surface area contributed by atoms with Crippen LogP contribution in [0.1, 0.15) is 19.3 Å². The molecule has 1 saturated carbocycles. The molecule has 1 aliphatic carbocycles. The first-order valence-electron chi connectivity index (χ1n) is 7.24. The van der Waals surface area contributed by atoms with Gasteiger partial charge in [-0.25, -0.2) is 4.79 Å². The summed E-state index contributed by atoms with van der Waals surface area (Å²) in [5, 5.41) is 8.58. The van der Waals surface area contributed by atoms with Crippen LogP contribution in [-0.4, -0.2) is 55.6 Å². The van der Waals surface area contributed by atoms with Gasteiger partial charge in [-0.15, -0.1) is 12.4 Å². The van der Waals surface area contributed by atoms with Gasteiger partial charge in [0.15, 0.2) is 0 Å². The fourth-order valence-corrected chi connectivity index (χ4v) is 3.07. The molecule has 0 aromatic rings. The van der Waals surface area contributed by atoms with Crippen molar-refractivity contribution in [1.82, 2.24) is 20.9 Å². The Labute approximate surface area is 125 Å². The van der Waals surface area contributed by atoms with Crippen molar-refractivity contribution in [3.8, 4) is 0 Å². The lowest BCUT2D eigenvalue weighted by molar-refractivity contribution is -0.121. The SMILES string of the molecule is Cl.O=C(CN1CCC2CNCC2C1)NC(=O)NC1CC1. The second-order valence-electron chi connectivity index (χ2n) is 6.00. The lowest BCUT2D eigenvalue weighted by atomic mass is 9.89. The van der Waals surface area contributed by atoms with Crippen molar-refractivity contribution in [2.24, 2.45) is 11.8 Å². The van der Waals surface area contributed by atoms with E-state index in [9.17, 15) is 9.59 Å². The smallest absolute Gasteiger partial charge is 0.321 e. The summed E-state index contributed by atoms with van der Waals surface area (Å²) in [7, 11) is 0. The zero-order valence-electron chi connectivity index (χ0n) is 11.6. The zero-order valence-corrected chi connectivity index (χ0v) is 12.4. The maximum atomic E-state index is 11.8. The van der Waals surface area contributed by atoms with Gasteiger partial charge in [-0.05, 0) is 50.7 Å². The van der Waals surface area contributed by atoms with Gasteiger partial charge in [0.05, 0.1) is 6.54 Å². The third-order valence-corrected chi connectivity index (χ3v) is 4.32. The van der Waals surface area contributed by atoms with Gasteiger partial charge >= 0.3 is 6.03 Å². The number of hydrogen-bond donors (Lipinski definition) is 3. The lowest BCUT2D eigenvalue weighted by Crippen LogP contribution is -2.48. The molecule has 3 fully saturated rings. The second kappa shape index (κ2) is 6.74. The molecule has 0 aromatic carbocycles. The van der Waals surface area contributed by atoms with Crippen LogP contribution < -0.4 is 16.0 Å². The molecule has 114 valence electrons. The van der Waals surface area contributed by atoms with E-state index in [-0.39, 0.29) is 30.4 Å². The van der Waals surface area contributed by atoms with E-state index in [1.54, 1.807) is 0 Å². The number of carbonyl (C=O) groups excluding carboxylic acids is 2. The molecule has 7 heteroatoms. The molecule has 0 spiro atoms. The fourth-order valence-electron chi connectivity index (χ4n) is 3.07. The van der Waals surface area contributed by atoms with Crippen molar-refractivity contribution in [3.63, 3.8) is 0 Å². The molecule has 3 rings (SSSR count). The highest BCUT2D eigenvalue weighted by molar-refractivity contribution is 5.95. The highest BCUT2D eigenvalue weighted by Gasteiger charge is 2.33. The van der Waals surface area contributed by atoms with Gasteiger partial charge in [-0.2, -0.15) is 0 Å². The van der Waals surface area contributed by atoms with E-state index in [0.717, 1.165) is 51.4 Å². The maximum Gasteiger partial charge on any atom is 0.321 e. The number of fused-ring (bicyclic) bond motifs is 1. The maximum absolute atomic E-state index is 11.8. The average molecular weight is 303 g/mol. The number of hydrogen-bond acceptors (Lipinski definition) is 4. The van der Waals surface area contributed by atoms with E-state index < -0.39 is 0 Å². The Balaban J connectivity index is 0.00000147. The minimum Gasteiger partial charge on any atom is -0.335 e. The van der Waals surface area contributed by atoms with E-state index in [4.69, 9.17) is 0 Å². The van der Waals surface area contributed by atoms with E-state index in [2.05, 4.69) is 20.9 Å². The van der Waals surface area contributed by atoms with Crippen LogP contribution in [0.2, 0.25) is 0 Å². The molecule has 6 nitrogen and oxygen atoms in total. The third kappa shape index (κ3) is 4.07. The predicted octanol–water partition coefficient (Wildman–Crippen LogP) is -0.0623. The van der Waals surface area contributed by atoms with Crippen LogP contribution in [0.15, 0.2) is 0 Å². The van der Waals surface area contributed by atoms with Gasteiger partial charge in [0.25, 0.3) is 0 Å². The first kappa shape index (κ1) is 15.5. The van der Waals surface area contributed by atoms with Gasteiger partial charge in [0.2, 0.25) is 5.91 Å². The van der Waals surface area contributed by atoms with Gasteiger partial charge in [0, 0.05) is 12.6 Å². The summed E-state index contributed by atoms with van der Waals surface area (Å²) in [5.41, 5.74) is 0. The number of halogens is 1. The van der Waals surface area contributed by atoms with Crippen LogP contribution in [0.4, 0.5) is 4.79 Å². The number of nitrogens with one attached hydrogen (secondary N) is 3. The number of amides is 3. The minimum atomic E-state index is -0.343. The lowest BCUT2D eigenvalue weighted by Gasteiger charge is -2.33. The number of piperidine rings is 1. The zero-order chi connectivity index (χ0) is 13.2. The molecule has 20 heavy (non-hydrogen) atoms. The van der Waals surface area contributed by atoms with Crippen molar-refractivity contribution in [3.05, 3.63) is 0 Å². The normalized spacial score (nSPS) is 29.2. The summed E-state index contributed by atoms with van der Waals surface area (Å²) in [5.74, 6) is 1.25. The molecule has 2 saturated heterocycles. The van der Waals surface area contributed by atoms with E-state index in [1.165, 1.54) is 0 Å². The van der Waals surface area contributed by atoms with Gasteiger partial charge in [-0.3, -0.25) is 15.0 Å². The molecule has 3 N–H and O–H groups in total. The number of likely N-dealkylation sites (tertiary alicyclic amines) is 1. The highest BCUT2D eigenvalue weighted by atomic mass is 35.5. The van der Waals surface area contributed by atoms with E-state index >= 15 is 0 Å². The molecule has 3 amide bonds. The Morgan fingerprint density at radius 3 is 2.65 bits per heavy atom. The van der Waals surface area contributed by atoms with Crippen LogP contribution in [0.5, 0.6) is 0 Å². The quantitative estimate of drug-likeness (QED) is 0.683. The molecule has 2 unspecified atom stereocenters. The molecule has 0 radical (unpaired) electrons. The number of imide groups is 1. The Hall–Kier alpha value is -0.850. The van der Waals surface area contributed by atoms with Crippen LogP contribution >= 0.6 is 12.4 Å². The number of rotatable bonds is 3. The summed E-state index contributed by atoms with van der Waals surface area (Å²) in [6, 6.07) is -0.0574. The van der Waals surface area contributed by atoms with Crippen molar-refractivity contribution in [2.45, 2.75) is 25.3 Å². The highest BCUT2D eigenvalue weighted by Crippen LogP contribution is 2.26. The average Bonchev–Trinajstić information content (AvgIpc) is 3.04. The Bertz CT molecular complexity index is 375. The third-order valence-electron chi connectivity index (χ3n) is 4.32. The second-order valence-corrected chi connectivity index (χ2v) is 6.00. The molecule has 3 aliphatic rings. The van der Waals surface area contributed by atoms with Crippen LogP contribution in [0, 0.1) is 11.8 Å². The minimum absolute atomic E-state index is 0. The largest absolute Gasteiger partial charge is 0.335 e. The van der Waals surface area contributed by atoms with Gasteiger partial charge in [-0.1, -0.05) is 0 Å². The molecule has 0 aromatic heterocycles. The Morgan fingerprint density at radius 2 is 1.90 bits per heavy atom. The van der Waals surface area contributed by atoms with Crippen molar-refractivity contribution in [1.29, 1.82) is 0 Å². The first-order valence-corrected chi connectivity index (χ1v) is 7.24. The summed E-state index contributed by atoms with van der Waals surface area (Å²) < 4.78 is 0. The predicted molar refractivity (Wildman–Crippen MR) is 77.9 cm³/mol. The molecular weight excluding hydrogens is 280 g/mol. The molecule has 2 aliphatic heterocycles. The van der Waals surface area contributed by atoms with Crippen molar-refractivity contribution >= 4 is 24.3 Å². The van der Waals surface area contributed by atoms with Crippen LogP contribution in [-0.2, 0) is 4.79 Å². The standard InChI is InChI=1S/C13H22N4O2.ClH/c18-12(16-13(19)15-11-1-2-11)8-17-4-3-9-5-14-6-10(9)7-17;/h9-11,14H,1-8H2,(H2,15,16,18,19);1H.